The van der Waals surface area contributed by atoms with E-state index in [0.717, 1.165) is 25.7 Å². The summed E-state index contributed by atoms with van der Waals surface area (Å²) in [5.74, 6) is -0.408. The third-order valence-corrected chi connectivity index (χ3v) is 3.62. The van der Waals surface area contributed by atoms with Crippen molar-refractivity contribution >= 4 is 5.78 Å². The van der Waals surface area contributed by atoms with E-state index in [4.69, 9.17) is 5.11 Å². The molecule has 0 aliphatic rings. The minimum atomic E-state index is -1.80. The van der Waals surface area contributed by atoms with Gasteiger partial charge in [-0.05, 0) is 5.92 Å². The van der Waals surface area contributed by atoms with E-state index in [1.807, 2.05) is 6.92 Å². The fraction of sp³-hybridized carbons (Fsp3) is 0.929. The van der Waals surface area contributed by atoms with Crippen LogP contribution < -0.4 is 0 Å². The Balaban J connectivity index is 4.44. The molecular weight excluding hydrogens is 264 g/mol. The molecular formula is C14H28O6. The minimum absolute atomic E-state index is 0.136. The Kier molecular flexibility index (Phi) is 9.96. The molecule has 0 spiro atoms. The molecule has 0 heterocycles. The number of unbranched alkanes of at least 4 members (excludes halogenated alkanes) is 1. The molecule has 5 unspecified atom stereocenters. The molecule has 0 saturated heterocycles. The van der Waals surface area contributed by atoms with Gasteiger partial charge in [0.25, 0.3) is 0 Å². The van der Waals surface area contributed by atoms with Crippen LogP contribution in [0.25, 0.3) is 0 Å². The van der Waals surface area contributed by atoms with Crippen molar-refractivity contribution in [3.8, 4) is 0 Å². The smallest absolute Gasteiger partial charge is 0.164 e. The monoisotopic (exact) mass is 292 g/mol. The Hall–Kier alpha value is -0.530. The maximum atomic E-state index is 11.9. The van der Waals surface area contributed by atoms with Crippen LogP contribution in [0.15, 0.2) is 0 Å². The van der Waals surface area contributed by atoms with Gasteiger partial charge in [-0.3, -0.25) is 4.79 Å². The first-order chi connectivity index (χ1) is 9.38. The summed E-state index contributed by atoms with van der Waals surface area (Å²) in [5.41, 5.74) is 0. The SMILES string of the molecule is CCCCC(CC)CC(=O)C(O)C(O)C(O)C(O)CO. The molecule has 0 rings (SSSR count). The van der Waals surface area contributed by atoms with Gasteiger partial charge < -0.3 is 25.5 Å². The van der Waals surface area contributed by atoms with Crippen LogP contribution in [0.2, 0.25) is 0 Å². The van der Waals surface area contributed by atoms with Crippen LogP contribution in [0.5, 0.6) is 0 Å². The van der Waals surface area contributed by atoms with Gasteiger partial charge in [-0.15, -0.1) is 0 Å². The zero-order valence-corrected chi connectivity index (χ0v) is 12.3. The molecule has 0 aliphatic heterocycles. The third kappa shape index (κ3) is 6.28. The number of aliphatic hydroxyl groups excluding tert-OH is 5. The largest absolute Gasteiger partial charge is 0.394 e. The maximum absolute atomic E-state index is 11.9. The van der Waals surface area contributed by atoms with E-state index in [1.54, 1.807) is 0 Å². The highest BCUT2D eigenvalue weighted by Gasteiger charge is 2.34. The first-order valence-electron chi connectivity index (χ1n) is 7.24. The highest BCUT2D eigenvalue weighted by atomic mass is 16.4. The summed E-state index contributed by atoms with van der Waals surface area (Å²) in [5, 5.41) is 46.7. The fourth-order valence-electron chi connectivity index (χ4n) is 2.06. The Morgan fingerprint density at radius 2 is 1.65 bits per heavy atom. The lowest BCUT2D eigenvalue weighted by Gasteiger charge is -2.25. The normalized spacial score (nSPS) is 19.1. The average molecular weight is 292 g/mol. The van der Waals surface area contributed by atoms with Gasteiger partial charge in [0, 0.05) is 6.42 Å². The Bertz CT molecular complexity index is 270. The van der Waals surface area contributed by atoms with Crippen LogP contribution in [0, 0.1) is 5.92 Å². The predicted molar refractivity (Wildman–Crippen MR) is 74.0 cm³/mol. The molecule has 5 N–H and O–H groups in total. The second-order valence-corrected chi connectivity index (χ2v) is 5.26. The molecule has 0 aromatic rings. The van der Waals surface area contributed by atoms with Crippen LogP contribution >= 0.6 is 0 Å². The molecule has 20 heavy (non-hydrogen) atoms. The van der Waals surface area contributed by atoms with Crippen molar-refractivity contribution in [2.24, 2.45) is 5.92 Å². The summed E-state index contributed by atoms with van der Waals surface area (Å²) < 4.78 is 0. The molecule has 5 atom stereocenters. The maximum Gasteiger partial charge on any atom is 0.164 e. The zero-order valence-electron chi connectivity index (χ0n) is 12.3. The zero-order chi connectivity index (χ0) is 15.7. The molecule has 120 valence electrons. The molecule has 0 bridgehead atoms. The van der Waals surface area contributed by atoms with Gasteiger partial charge in [-0.2, -0.15) is 0 Å². The van der Waals surface area contributed by atoms with E-state index in [0.29, 0.717) is 0 Å². The second kappa shape index (κ2) is 10.2. The number of carbonyl (C=O) groups excluding carboxylic acids is 1. The van der Waals surface area contributed by atoms with E-state index in [-0.39, 0.29) is 12.3 Å². The van der Waals surface area contributed by atoms with Gasteiger partial charge in [0.05, 0.1) is 6.61 Å². The Labute approximate surface area is 120 Å². The lowest BCUT2D eigenvalue weighted by molar-refractivity contribution is -0.147. The van der Waals surface area contributed by atoms with Crippen molar-refractivity contribution in [2.75, 3.05) is 6.61 Å². The van der Waals surface area contributed by atoms with Crippen LogP contribution in [-0.2, 0) is 4.79 Å². The van der Waals surface area contributed by atoms with Crippen LogP contribution in [0.4, 0.5) is 0 Å². The van der Waals surface area contributed by atoms with Crippen molar-refractivity contribution in [3.05, 3.63) is 0 Å². The van der Waals surface area contributed by atoms with Crippen molar-refractivity contribution < 1.29 is 30.3 Å². The van der Waals surface area contributed by atoms with E-state index in [2.05, 4.69) is 6.92 Å². The lowest BCUT2D eigenvalue weighted by atomic mass is 9.90. The van der Waals surface area contributed by atoms with Gasteiger partial charge >= 0.3 is 0 Å². The van der Waals surface area contributed by atoms with Gasteiger partial charge in [0.1, 0.15) is 24.4 Å². The van der Waals surface area contributed by atoms with Crippen LogP contribution in [0.1, 0.15) is 46.0 Å². The summed E-state index contributed by atoms with van der Waals surface area (Å²) in [6.45, 7) is 3.26. The molecule has 0 saturated carbocycles. The molecule has 0 aromatic carbocycles. The molecule has 0 amide bonds. The third-order valence-electron chi connectivity index (χ3n) is 3.62. The first kappa shape index (κ1) is 19.5. The fourth-order valence-corrected chi connectivity index (χ4v) is 2.06. The number of rotatable bonds is 11. The number of ketones is 1. The topological polar surface area (TPSA) is 118 Å². The highest BCUT2D eigenvalue weighted by Crippen LogP contribution is 2.19. The van der Waals surface area contributed by atoms with Gasteiger partial charge in [-0.25, -0.2) is 0 Å². The number of Topliss-reactive ketones (excluding diaryl/α,β-unsaturated/α-hetero) is 1. The highest BCUT2D eigenvalue weighted by molar-refractivity contribution is 5.83. The summed E-state index contributed by atoms with van der Waals surface area (Å²) in [4.78, 5) is 11.9. The van der Waals surface area contributed by atoms with E-state index >= 15 is 0 Å². The molecule has 0 aliphatic carbocycles. The Morgan fingerprint density at radius 3 is 2.10 bits per heavy atom. The van der Waals surface area contributed by atoms with Crippen molar-refractivity contribution in [1.82, 2.24) is 0 Å². The van der Waals surface area contributed by atoms with Gasteiger partial charge in [-0.1, -0.05) is 39.5 Å². The van der Waals surface area contributed by atoms with Crippen molar-refractivity contribution in [1.29, 1.82) is 0 Å². The molecule has 0 fully saturated rings. The number of aliphatic hydroxyl groups is 5. The Morgan fingerprint density at radius 1 is 1.05 bits per heavy atom. The summed E-state index contributed by atoms with van der Waals surface area (Å²) in [7, 11) is 0. The predicted octanol–water partition coefficient (Wildman–Crippen LogP) is -0.402. The summed E-state index contributed by atoms with van der Waals surface area (Å²) in [6.07, 6.45) is -3.05. The quantitative estimate of drug-likeness (QED) is 0.353. The lowest BCUT2D eigenvalue weighted by Crippen LogP contribution is -2.48. The molecule has 0 radical (unpaired) electrons. The second-order valence-electron chi connectivity index (χ2n) is 5.26. The van der Waals surface area contributed by atoms with Crippen LogP contribution in [-0.4, -0.2) is 62.3 Å². The minimum Gasteiger partial charge on any atom is -0.394 e. The van der Waals surface area contributed by atoms with Gasteiger partial charge in [0.15, 0.2) is 5.78 Å². The molecule has 6 nitrogen and oxygen atoms in total. The molecule has 6 heteroatoms. The van der Waals surface area contributed by atoms with Crippen molar-refractivity contribution in [2.45, 2.75) is 70.4 Å². The number of hydrogen-bond acceptors (Lipinski definition) is 6. The van der Waals surface area contributed by atoms with Crippen molar-refractivity contribution in [3.63, 3.8) is 0 Å². The number of hydrogen-bond donors (Lipinski definition) is 5. The first-order valence-corrected chi connectivity index (χ1v) is 7.24. The van der Waals surface area contributed by atoms with E-state index in [9.17, 15) is 25.2 Å². The van der Waals surface area contributed by atoms with E-state index < -0.39 is 36.8 Å². The van der Waals surface area contributed by atoms with Crippen LogP contribution in [0.3, 0.4) is 0 Å². The molecule has 0 aromatic heterocycles. The standard InChI is InChI=1S/C14H28O6/c1-3-5-6-9(4-2)7-10(16)12(18)14(20)13(19)11(17)8-15/h9,11-15,17-20H,3-8H2,1-2H3. The summed E-state index contributed by atoms with van der Waals surface area (Å²) in [6, 6.07) is 0. The average Bonchev–Trinajstić information content (AvgIpc) is 2.47. The number of carbonyl (C=O) groups is 1. The van der Waals surface area contributed by atoms with E-state index in [1.165, 1.54) is 0 Å². The van der Waals surface area contributed by atoms with Gasteiger partial charge in [0.2, 0.25) is 0 Å². The summed E-state index contributed by atoms with van der Waals surface area (Å²) >= 11 is 0.